The lowest BCUT2D eigenvalue weighted by Gasteiger charge is -2.34. The highest BCUT2D eigenvalue weighted by molar-refractivity contribution is 7.07. The van der Waals surface area contributed by atoms with E-state index in [0.717, 1.165) is 31.5 Å². The van der Waals surface area contributed by atoms with E-state index in [-0.39, 0.29) is 17.9 Å². The molecule has 0 aromatic carbocycles. The molecule has 2 aromatic heterocycles. The summed E-state index contributed by atoms with van der Waals surface area (Å²) in [4.78, 5) is 26.7. The number of likely N-dealkylation sites (tertiary alicyclic amines) is 1. The molecule has 6 nitrogen and oxygen atoms in total. The second-order valence-corrected chi connectivity index (χ2v) is 5.44. The van der Waals surface area contributed by atoms with E-state index in [9.17, 15) is 4.79 Å². The number of hydrogen-bond acceptors (Lipinski definition) is 6. The molecule has 0 spiro atoms. The van der Waals surface area contributed by atoms with Crippen LogP contribution in [0.4, 0.5) is 5.95 Å². The number of piperidine rings is 1. The Balaban J connectivity index is 1.89. The summed E-state index contributed by atoms with van der Waals surface area (Å²) in [5, 5.41) is 1.78. The van der Waals surface area contributed by atoms with Crippen molar-refractivity contribution in [2.45, 2.75) is 25.3 Å². The van der Waals surface area contributed by atoms with Crippen LogP contribution < -0.4 is 5.73 Å². The third-order valence-corrected chi connectivity index (χ3v) is 4.04. The summed E-state index contributed by atoms with van der Waals surface area (Å²) in [6.45, 7) is 0.727. The SMILES string of the molecule is Nc1nccc([C@H]2CCCCN2C(=O)c2cscn2)n1. The fourth-order valence-corrected chi connectivity index (χ4v) is 3.05. The third-order valence-electron chi connectivity index (χ3n) is 3.45. The van der Waals surface area contributed by atoms with E-state index >= 15 is 0 Å². The van der Waals surface area contributed by atoms with Crippen LogP contribution in [0, 0.1) is 0 Å². The number of hydrogen-bond donors (Lipinski definition) is 1. The van der Waals surface area contributed by atoms with E-state index < -0.39 is 0 Å². The summed E-state index contributed by atoms with van der Waals surface area (Å²) in [6, 6.07) is 1.79. The van der Waals surface area contributed by atoms with Gasteiger partial charge in [0.2, 0.25) is 5.95 Å². The molecular weight excluding hydrogens is 274 g/mol. The van der Waals surface area contributed by atoms with Crippen LogP contribution in [0.25, 0.3) is 0 Å². The van der Waals surface area contributed by atoms with Gasteiger partial charge in [-0.25, -0.2) is 15.0 Å². The Bertz CT molecular complexity index is 601. The van der Waals surface area contributed by atoms with Crippen molar-refractivity contribution in [1.29, 1.82) is 0 Å². The van der Waals surface area contributed by atoms with Gasteiger partial charge in [-0.3, -0.25) is 4.79 Å². The van der Waals surface area contributed by atoms with E-state index in [4.69, 9.17) is 5.73 Å². The van der Waals surface area contributed by atoms with Gasteiger partial charge in [0.25, 0.3) is 5.91 Å². The number of aromatic nitrogens is 3. The van der Waals surface area contributed by atoms with Crippen LogP contribution in [0.15, 0.2) is 23.2 Å². The summed E-state index contributed by atoms with van der Waals surface area (Å²) < 4.78 is 0. The molecular formula is C13H15N5OS. The second-order valence-electron chi connectivity index (χ2n) is 4.72. The summed E-state index contributed by atoms with van der Waals surface area (Å²) in [6.07, 6.45) is 4.62. The minimum absolute atomic E-state index is 0.0341. The number of nitrogens with two attached hydrogens (primary N) is 1. The van der Waals surface area contributed by atoms with Gasteiger partial charge in [-0.2, -0.15) is 0 Å². The van der Waals surface area contributed by atoms with Crippen LogP contribution >= 0.6 is 11.3 Å². The lowest BCUT2D eigenvalue weighted by atomic mass is 9.98. The molecule has 3 heterocycles. The second kappa shape index (κ2) is 5.54. The topological polar surface area (TPSA) is 85.0 Å². The normalized spacial score (nSPS) is 19.0. The van der Waals surface area contributed by atoms with Gasteiger partial charge in [0.15, 0.2) is 0 Å². The van der Waals surface area contributed by atoms with Crippen LogP contribution in [0.2, 0.25) is 0 Å². The van der Waals surface area contributed by atoms with Gasteiger partial charge in [0.1, 0.15) is 5.69 Å². The fourth-order valence-electron chi connectivity index (χ4n) is 2.52. The van der Waals surface area contributed by atoms with E-state index in [2.05, 4.69) is 15.0 Å². The summed E-state index contributed by atoms with van der Waals surface area (Å²) in [5.74, 6) is 0.210. The zero-order chi connectivity index (χ0) is 13.9. The number of nitrogen functional groups attached to an aromatic ring is 1. The Hall–Kier alpha value is -2.02. The van der Waals surface area contributed by atoms with Crippen LogP contribution in [0.5, 0.6) is 0 Å². The fraction of sp³-hybridized carbons (Fsp3) is 0.385. The molecule has 0 bridgehead atoms. The zero-order valence-electron chi connectivity index (χ0n) is 10.9. The molecule has 2 aromatic rings. The number of carbonyl (C=O) groups is 1. The predicted octanol–water partition coefficient (Wildman–Crippen LogP) is 1.88. The van der Waals surface area contributed by atoms with Gasteiger partial charge in [-0.05, 0) is 25.3 Å². The van der Waals surface area contributed by atoms with Crippen molar-refractivity contribution in [2.75, 3.05) is 12.3 Å². The maximum Gasteiger partial charge on any atom is 0.273 e. The number of rotatable bonds is 2. The first kappa shape index (κ1) is 13.0. The monoisotopic (exact) mass is 289 g/mol. The highest BCUT2D eigenvalue weighted by Gasteiger charge is 2.30. The molecule has 0 saturated carbocycles. The first-order valence-corrected chi connectivity index (χ1v) is 7.47. The quantitative estimate of drug-likeness (QED) is 0.912. The van der Waals surface area contributed by atoms with Crippen LogP contribution in [0.3, 0.4) is 0 Å². The molecule has 1 atom stereocenters. The maximum absolute atomic E-state index is 12.5. The van der Waals surface area contributed by atoms with Gasteiger partial charge in [-0.15, -0.1) is 11.3 Å². The molecule has 1 aliphatic heterocycles. The molecule has 104 valence electrons. The lowest BCUT2D eigenvalue weighted by molar-refractivity contribution is 0.0601. The van der Waals surface area contributed by atoms with E-state index in [1.807, 2.05) is 11.0 Å². The number of amides is 1. The molecule has 0 aliphatic carbocycles. The van der Waals surface area contributed by atoms with Gasteiger partial charge >= 0.3 is 0 Å². The summed E-state index contributed by atoms with van der Waals surface area (Å²) in [5.41, 5.74) is 8.63. The predicted molar refractivity (Wildman–Crippen MR) is 76.2 cm³/mol. The van der Waals surface area contributed by atoms with Crippen molar-refractivity contribution >= 4 is 23.2 Å². The standard InChI is InChI=1S/C13H15N5OS/c14-13-15-5-4-9(17-13)11-3-1-2-6-18(11)12(19)10-7-20-8-16-10/h4-5,7-8,11H,1-3,6H2,(H2,14,15,17)/t11-/m1/s1. The Morgan fingerprint density at radius 3 is 3.05 bits per heavy atom. The Morgan fingerprint density at radius 2 is 2.30 bits per heavy atom. The van der Waals surface area contributed by atoms with E-state index in [1.165, 1.54) is 11.3 Å². The van der Waals surface area contributed by atoms with Crippen molar-refractivity contribution in [3.8, 4) is 0 Å². The van der Waals surface area contributed by atoms with E-state index in [1.54, 1.807) is 17.1 Å². The van der Waals surface area contributed by atoms with Crippen molar-refractivity contribution in [3.05, 3.63) is 34.5 Å². The minimum atomic E-state index is -0.0387. The Kier molecular flexibility index (Phi) is 3.60. The minimum Gasteiger partial charge on any atom is -0.368 e. The van der Waals surface area contributed by atoms with Gasteiger partial charge < -0.3 is 10.6 Å². The molecule has 7 heteroatoms. The van der Waals surface area contributed by atoms with E-state index in [0.29, 0.717) is 5.69 Å². The lowest BCUT2D eigenvalue weighted by Crippen LogP contribution is -2.39. The molecule has 2 N–H and O–H groups in total. The molecule has 1 fully saturated rings. The first-order valence-electron chi connectivity index (χ1n) is 6.53. The molecule has 1 saturated heterocycles. The van der Waals surface area contributed by atoms with Crippen LogP contribution in [0.1, 0.15) is 41.5 Å². The van der Waals surface area contributed by atoms with Gasteiger partial charge in [0.05, 0.1) is 17.2 Å². The smallest absolute Gasteiger partial charge is 0.273 e. The third kappa shape index (κ3) is 2.49. The molecule has 3 rings (SSSR count). The average Bonchev–Trinajstić information content (AvgIpc) is 3.01. The Labute approximate surface area is 120 Å². The molecule has 20 heavy (non-hydrogen) atoms. The summed E-state index contributed by atoms with van der Waals surface area (Å²) in [7, 11) is 0. The molecule has 1 aliphatic rings. The van der Waals surface area contributed by atoms with Crippen molar-refractivity contribution in [2.24, 2.45) is 0 Å². The number of carbonyl (C=O) groups excluding carboxylic acids is 1. The van der Waals surface area contributed by atoms with Crippen molar-refractivity contribution in [1.82, 2.24) is 19.9 Å². The van der Waals surface area contributed by atoms with Crippen molar-refractivity contribution < 1.29 is 4.79 Å². The van der Waals surface area contributed by atoms with Gasteiger partial charge in [0, 0.05) is 18.1 Å². The molecule has 1 amide bonds. The highest BCUT2D eigenvalue weighted by Crippen LogP contribution is 2.31. The number of nitrogens with zero attached hydrogens (tertiary/aromatic N) is 4. The molecule has 0 unspecified atom stereocenters. The Morgan fingerprint density at radius 1 is 1.40 bits per heavy atom. The number of thiazole rings is 1. The summed E-state index contributed by atoms with van der Waals surface area (Å²) >= 11 is 1.43. The highest BCUT2D eigenvalue weighted by atomic mass is 32.1. The van der Waals surface area contributed by atoms with Crippen molar-refractivity contribution in [3.63, 3.8) is 0 Å². The maximum atomic E-state index is 12.5. The first-order chi connectivity index (χ1) is 9.75. The average molecular weight is 289 g/mol. The number of anilines is 1. The van der Waals surface area contributed by atoms with Crippen LogP contribution in [-0.2, 0) is 0 Å². The van der Waals surface area contributed by atoms with Crippen LogP contribution in [-0.4, -0.2) is 32.3 Å². The largest absolute Gasteiger partial charge is 0.368 e. The zero-order valence-corrected chi connectivity index (χ0v) is 11.7. The van der Waals surface area contributed by atoms with Gasteiger partial charge in [-0.1, -0.05) is 0 Å². The molecule has 0 radical (unpaired) electrons.